The van der Waals surface area contributed by atoms with Crippen LogP contribution >= 0.6 is 0 Å². The molecule has 2 rings (SSSR count). The van der Waals surface area contributed by atoms with Crippen LogP contribution in [0.3, 0.4) is 0 Å². The minimum absolute atomic E-state index is 0.00811. The Kier molecular flexibility index (Phi) is 5.25. The summed E-state index contributed by atoms with van der Waals surface area (Å²) in [6, 6.07) is 10.6. The summed E-state index contributed by atoms with van der Waals surface area (Å²) >= 11 is 0. The van der Waals surface area contributed by atoms with Crippen molar-refractivity contribution < 1.29 is 9.59 Å². The molecule has 0 aliphatic rings. The normalized spacial score (nSPS) is 10.1. The first-order chi connectivity index (χ1) is 10.5. The molecule has 114 valence electrons. The summed E-state index contributed by atoms with van der Waals surface area (Å²) in [7, 11) is 0. The summed E-state index contributed by atoms with van der Waals surface area (Å²) in [4.78, 5) is 27.7. The highest BCUT2D eigenvalue weighted by Crippen LogP contribution is 2.06. The van der Waals surface area contributed by atoms with Gasteiger partial charge in [-0.3, -0.25) is 10.1 Å². The van der Waals surface area contributed by atoms with Crippen molar-refractivity contribution in [2.45, 2.75) is 20.3 Å². The molecule has 1 aromatic carbocycles. The van der Waals surface area contributed by atoms with Gasteiger partial charge in [-0.05, 0) is 25.5 Å². The van der Waals surface area contributed by atoms with Crippen molar-refractivity contribution >= 4 is 17.6 Å². The Morgan fingerprint density at radius 2 is 1.68 bits per heavy atom. The molecule has 0 saturated carbocycles. The molecule has 1 heterocycles. The van der Waals surface area contributed by atoms with E-state index in [-0.39, 0.29) is 24.8 Å². The third-order valence-corrected chi connectivity index (χ3v) is 3.16. The Morgan fingerprint density at radius 1 is 1.00 bits per heavy atom. The summed E-state index contributed by atoms with van der Waals surface area (Å²) in [6.45, 7) is 4.18. The van der Waals surface area contributed by atoms with Crippen LogP contribution in [-0.2, 0) is 0 Å². The number of Topliss-reactive ketones (excluding diaryl/α,β-unsaturated/α-hetero) is 1. The number of aromatic nitrogens is 1. The van der Waals surface area contributed by atoms with Gasteiger partial charge in [-0.25, -0.2) is 9.78 Å². The predicted molar refractivity (Wildman–Crippen MR) is 86.1 cm³/mol. The van der Waals surface area contributed by atoms with E-state index >= 15 is 0 Å². The van der Waals surface area contributed by atoms with Gasteiger partial charge in [-0.15, -0.1) is 0 Å². The number of benzene rings is 1. The van der Waals surface area contributed by atoms with E-state index in [9.17, 15) is 9.59 Å². The van der Waals surface area contributed by atoms with E-state index in [1.54, 1.807) is 24.4 Å². The topological polar surface area (TPSA) is 71.1 Å². The van der Waals surface area contributed by atoms with Crippen LogP contribution < -0.4 is 10.6 Å². The first-order valence-corrected chi connectivity index (χ1v) is 7.12. The fraction of sp³-hybridized carbons (Fsp3) is 0.235. The number of hydrogen-bond acceptors (Lipinski definition) is 3. The number of ketones is 1. The molecule has 0 bridgehead atoms. The van der Waals surface area contributed by atoms with Crippen LogP contribution in [0.2, 0.25) is 0 Å². The number of hydrogen-bond donors (Lipinski definition) is 2. The lowest BCUT2D eigenvalue weighted by Gasteiger charge is -2.07. The van der Waals surface area contributed by atoms with E-state index in [1.807, 2.05) is 32.0 Å². The number of pyridine rings is 1. The average molecular weight is 297 g/mol. The fourth-order valence-corrected chi connectivity index (χ4v) is 1.88. The molecule has 5 nitrogen and oxygen atoms in total. The zero-order valence-electron chi connectivity index (χ0n) is 12.7. The van der Waals surface area contributed by atoms with E-state index in [2.05, 4.69) is 15.6 Å². The molecule has 0 fully saturated rings. The number of nitrogens with zero attached hydrogens (tertiary/aromatic N) is 1. The van der Waals surface area contributed by atoms with Crippen LogP contribution in [0.15, 0.2) is 42.6 Å². The van der Waals surface area contributed by atoms with Crippen molar-refractivity contribution in [3.8, 4) is 0 Å². The molecule has 0 aliphatic carbocycles. The predicted octanol–water partition coefficient (Wildman–Crippen LogP) is 3.09. The number of nitrogens with one attached hydrogen (secondary N) is 2. The SMILES string of the molecule is Cc1ccc(C(=O)CCNC(=O)Nc2ccc(C)cn2)cc1. The Balaban J connectivity index is 1.75. The Bertz CT molecular complexity index is 649. The molecule has 2 amide bonds. The summed E-state index contributed by atoms with van der Waals surface area (Å²) in [6.07, 6.45) is 1.94. The van der Waals surface area contributed by atoms with Crippen LogP contribution in [0.25, 0.3) is 0 Å². The van der Waals surface area contributed by atoms with E-state index < -0.39 is 0 Å². The highest BCUT2D eigenvalue weighted by Gasteiger charge is 2.07. The second-order valence-electron chi connectivity index (χ2n) is 5.14. The molecule has 0 radical (unpaired) electrons. The zero-order valence-corrected chi connectivity index (χ0v) is 12.7. The van der Waals surface area contributed by atoms with Gasteiger partial charge in [0.25, 0.3) is 0 Å². The molecule has 0 atom stereocenters. The molecule has 0 unspecified atom stereocenters. The number of carbonyl (C=O) groups excluding carboxylic acids is 2. The standard InChI is InChI=1S/C17H19N3O2/c1-12-3-6-14(7-4-12)15(21)9-10-18-17(22)20-16-8-5-13(2)11-19-16/h3-8,11H,9-10H2,1-2H3,(H2,18,19,20,22). The first-order valence-electron chi connectivity index (χ1n) is 7.12. The maximum atomic E-state index is 11.9. The van der Waals surface area contributed by atoms with Crippen LogP contribution in [0.4, 0.5) is 10.6 Å². The number of urea groups is 1. The number of anilines is 1. The van der Waals surface area contributed by atoms with Crippen molar-refractivity contribution in [3.05, 3.63) is 59.3 Å². The molecular weight excluding hydrogens is 278 g/mol. The quantitative estimate of drug-likeness (QED) is 0.833. The van der Waals surface area contributed by atoms with Gasteiger partial charge >= 0.3 is 6.03 Å². The molecule has 2 N–H and O–H groups in total. The minimum Gasteiger partial charge on any atom is -0.337 e. The monoisotopic (exact) mass is 297 g/mol. The van der Waals surface area contributed by atoms with Crippen LogP contribution in [0.5, 0.6) is 0 Å². The lowest BCUT2D eigenvalue weighted by molar-refractivity contribution is 0.0984. The highest BCUT2D eigenvalue weighted by molar-refractivity contribution is 5.96. The second kappa shape index (κ2) is 7.36. The minimum atomic E-state index is -0.368. The first kappa shape index (κ1) is 15.7. The maximum absolute atomic E-state index is 11.9. The van der Waals surface area contributed by atoms with Gasteiger partial charge in [0, 0.05) is 24.7 Å². The third-order valence-electron chi connectivity index (χ3n) is 3.16. The summed E-state index contributed by atoms with van der Waals surface area (Å²) < 4.78 is 0. The smallest absolute Gasteiger partial charge is 0.320 e. The van der Waals surface area contributed by atoms with Gasteiger partial charge in [-0.1, -0.05) is 35.9 Å². The molecule has 22 heavy (non-hydrogen) atoms. The van der Waals surface area contributed by atoms with Gasteiger partial charge in [0.05, 0.1) is 0 Å². The van der Waals surface area contributed by atoms with E-state index in [4.69, 9.17) is 0 Å². The van der Waals surface area contributed by atoms with Crippen molar-refractivity contribution in [2.75, 3.05) is 11.9 Å². The van der Waals surface area contributed by atoms with E-state index in [1.165, 1.54) is 0 Å². The van der Waals surface area contributed by atoms with Crippen LogP contribution in [0.1, 0.15) is 27.9 Å². The fourth-order valence-electron chi connectivity index (χ4n) is 1.88. The average Bonchev–Trinajstić information content (AvgIpc) is 2.50. The summed E-state index contributed by atoms with van der Waals surface area (Å²) in [5.41, 5.74) is 2.79. The zero-order chi connectivity index (χ0) is 15.9. The van der Waals surface area contributed by atoms with Gasteiger partial charge in [0.1, 0.15) is 5.82 Å². The Labute approximate surface area is 129 Å². The molecule has 0 aliphatic heterocycles. The highest BCUT2D eigenvalue weighted by atomic mass is 16.2. The van der Waals surface area contributed by atoms with Gasteiger partial charge in [0.2, 0.25) is 0 Å². The molecule has 1 aromatic heterocycles. The number of amides is 2. The molecule has 5 heteroatoms. The molecule has 2 aromatic rings. The molecule has 0 saturated heterocycles. The van der Waals surface area contributed by atoms with Crippen molar-refractivity contribution in [2.24, 2.45) is 0 Å². The van der Waals surface area contributed by atoms with Crippen LogP contribution in [0, 0.1) is 13.8 Å². The molecular formula is C17H19N3O2. The van der Waals surface area contributed by atoms with Gasteiger partial charge < -0.3 is 5.32 Å². The van der Waals surface area contributed by atoms with Crippen molar-refractivity contribution in [1.29, 1.82) is 0 Å². The maximum Gasteiger partial charge on any atom is 0.320 e. The van der Waals surface area contributed by atoms with E-state index in [0.717, 1.165) is 11.1 Å². The summed E-state index contributed by atoms with van der Waals surface area (Å²) in [5.74, 6) is 0.488. The summed E-state index contributed by atoms with van der Waals surface area (Å²) in [5, 5.41) is 5.26. The number of rotatable bonds is 5. The van der Waals surface area contributed by atoms with Crippen LogP contribution in [-0.4, -0.2) is 23.3 Å². The van der Waals surface area contributed by atoms with Crippen molar-refractivity contribution in [1.82, 2.24) is 10.3 Å². The number of aryl methyl sites for hydroxylation is 2. The van der Waals surface area contributed by atoms with Gasteiger partial charge in [0.15, 0.2) is 5.78 Å². The second-order valence-corrected chi connectivity index (χ2v) is 5.14. The van der Waals surface area contributed by atoms with E-state index in [0.29, 0.717) is 11.4 Å². The lowest BCUT2D eigenvalue weighted by Crippen LogP contribution is -2.30. The third kappa shape index (κ3) is 4.70. The number of carbonyl (C=O) groups is 2. The lowest BCUT2D eigenvalue weighted by atomic mass is 10.1. The Hall–Kier alpha value is -2.69. The largest absolute Gasteiger partial charge is 0.337 e. The molecule has 0 spiro atoms. The van der Waals surface area contributed by atoms with Crippen molar-refractivity contribution in [3.63, 3.8) is 0 Å². The van der Waals surface area contributed by atoms with Gasteiger partial charge in [-0.2, -0.15) is 0 Å². The Morgan fingerprint density at radius 3 is 2.32 bits per heavy atom.